The summed E-state index contributed by atoms with van der Waals surface area (Å²) in [6, 6.07) is -0.379. The van der Waals surface area contributed by atoms with Crippen LogP contribution in [0.2, 0.25) is 0 Å². The van der Waals surface area contributed by atoms with Gasteiger partial charge in [0.2, 0.25) is 5.91 Å². The van der Waals surface area contributed by atoms with Crippen LogP contribution in [0.4, 0.5) is 4.79 Å². The van der Waals surface area contributed by atoms with Crippen LogP contribution in [-0.2, 0) is 23.9 Å². The first-order valence-corrected chi connectivity index (χ1v) is 12.1. The number of alkyl carbamates (subject to hydrolysis) is 1. The molecule has 10 nitrogen and oxygen atoms in total. The molecule has 2 saturated carbocycles. The third kappa shape index (κ3) is 7.87. The lowest BCUT2D eigenvalue weighted by Gasteiger charge is -2.40. The minimum absolute atomic E-state index is 0.0279. The molecule has 1 aliphatic heterocycles. The van der Waals surface area contributed by atoms with Crippen LogP contribution < -0.4 is 5.32 Å². The number of nitrogens with one attached hydrogen (secondary N) is 1. The summed E-state index contributed by atoms with van der Waals surface area (Å²) >= 11 is 0. The normalized spacial score (nSPS) is 27.5. The maximum Gasteiger partial charge on any atom is 0.407 e. The maximum atomic E-state index is 12.6. The van der Waals surface area contributed by atoms with Gasteiger partial charge in [-0.2, -0.15) is 0 Å². The van der Waals surface area contributed by atoms with Gasteiger partial charge in [0.25, 0.3) is 0 Å². The van der Waals surface area contributed by atoms with Gasteiger partial charge < -0.3 is 24.8 Å². The third-order valence-corrected chi connectivity index (χ3v) is 7.12. The molecule has 3 aliphatic rings. The van der Waals surface area contributed by atoms with E-state index in [4.69, 9.17) is 14.6 Å². The number of carboxylic acids is 1. The topological polar surface area (TPSA) is 125 Å². The van der Waals surface area contributed by atoms with Crippen LogP contribution in [0.1, 0.15) is 51.9 Å². The summed E-state index contributed by atoms with van der Waals surface area (Å²) in [5.41, 5.74) is 0. The van der Waals surface area contributed by atoms with Gasteiger partial charge in [0.15, 0.2) is 0 Å². The number of hydrogen-bond acceptors (Lipinski definition) is 7. The monoisotopic (exact) mass is 467 g/mol. The van der Waals surface area contributed by atoms with Crippen molar-refractivity contribution in [1.82, 2.24) is 15.1 Å². The van der Waals surface area contributed by atoms with Gasteiger partial charge in [-0.15, -0.1) is 0 Å². The van der Waals surface area contributed by atoms with Gasteiger partial charge in [0.1, 0.15) is 6.61 Å². The summed E-state index contributed by atoms with van der Waals surface area (Å²) in [5.74, 6) is 0.346. The molecule has 2 unspecified atom stereocenters. The minimum Gasteiger partial charge on any atom is -0.480 e. The Hall–Kier alpha value is -2.36. The highest BCUT2D eigenvalue weighted by Crippen LogP contribution is 2.53. The van der Waals surface area contributed by atoms with Crippen molar-refractivity contribution >= 4 is 23.9 Å². The van der Waals surface area contributed by atoms with Crippen molar-refractivity contribution in [2.24, 2.45) is 17.8 Å². The van der Waals surface area contributed by atoms with E-state index >= 15 is 0 Å². The van der Waals surface area contributed by atoms with Crippen molar-refractivity contribution < 1.29 is 33.8 Å². The van der Waals surface area contributed by atoms with Gasteiger partial charge in [-0.1, -0.05) is 25.7 Å². The highest BCUT2D eigenvalue weighted by molar-refractivity contribution is 5.77. The Morgan fingerprint density at radius 1 is 0.970 bits per heavy atom. The molecular formula is C23H37N3O7. The number of amides is 2. The summed E-state index contributed by atoms with van der Waals surface area (Å²) in [6.45, 7) is 2.81. The van der Waals surface area contributed by atoms with Crippen LogP contribution in [0.5, 0.6) is 0 Å². The number of fused-ring (bicyclic) bond motifs is 1. The number of aliphatic carboxylic acids is 1. The van der Waals surface area contributed by atoms with Crippen molar-refractivity contribution in [2.45, 2.75) is 57.9 Å². The molecule has 10 heteroatoms. The summed E-state index contributed by atoms with van der Waals surface area (Å²) < 4.78 is 10.5. The fraction of sp³-hybridized carbons (Fsp3) is 0.826. The van der Waals surface area contributed by atoms with E-state index in [-0.39, 0.29) is 44.6 Å². The van der Waals surface area contributed by atoms with Crippen LogP contribution in [0.3, 0.4) is 0 Å². The number of carboxylic acid groups (broad SMARTS) is 1. The minimum atomic E-state index is -0.970. The van der Waals surface area contributed by atoms with E-state index in [1.165, 1.54) is 45.4 Å². The van der Waals surface area contributed by atoms with E-state index < -0.39 is 18.0 Å². The van der Waals surface area contributed by atoms with E-state index in [0.29, 0.717) is 37.5 Å². The Labute approximate surface area is 194 Å². The second-order valence-electron chi connectivity index (χ2n) is 9.42. The molecule has 0 aromatic rings. The Balaban J connectivity index is 1.35. The molecule has 1 heterocycles. The third-order valence-electron chi connectivity index (χ3n) is 7.12. The molecule has 0 spiro atoms. The molecule has 3 rings (SSSR count). The van der Waals surface area contributed by atoms with Crippen molar-refractivity contribution in [3.05, 3.63) is 0 Å². The number of esters is 1. The molecule has 1 saturated heterocycles. The predicted octanol–water partition coefficient (Wildman–Crippen LogP) is 1.48. The molecule has 0 bridgehead atoms. The lowest BCUT2D eigenvalue weighted by molar-refractivity contribution is -0.146. The Kier molecular flexibility index (Phi) is 9.34. The van der Waals surface area contributed by atoms with Gasteiger partial charge in [0.05, 0.1) is 19.2 Å². The predicted molar refractivity (Wildman–Crippen MR) is 118 cm³/mol. The van der Waals surface area contributed by atoms with Crippen molar-refractivity contribution in [3.8, 4) is 0 Å². The highest BCUT2D eigenvalue weighted by atomic mass is 16.5. The van der Waals surface area contributed by atoms with Gasteiger partial charge in [-0.3, -0.25) is 19.3 Å². The molecule has 3 fully saturated rings. The zero-order chi connectivity index (χ0) is 23.8. The molecule has 4 atom stereocenters. The second-order valence-corrected chi connectivity index (χ2v) is 9.42. The molecular weight excluding hydrogens is 430 g/mol. The Morgan fingerprint density at radius 2 is 1.67 bits per heavy atom. The van der Waals surface area contributed by atoms with E-state index in [1.54, 1.807) is 9.80 Å². The standard InChI is InChI=1S/C23H37N3O7/c1-16(27)32-14-17-12-26(11-10-25(17)13-22(29)30)21(28)8-9-24-23(31)33-15-20-18-6-4-2-3-5-7-19(18)20/h17-20H,2-15H2,1H3,(H,24,31)(H,29,30)/t17?,18-,19+,20?. The molecule has 0 radical (unpaired) electrons. The van der Waals surface area contributed by atoms with Crippen LogP contribution >= 0.6 is 0 Å². The maximum absolute atomic E-state index is 12.6. The van der Waals surface area contributed by atoms with Crippen LogP contribution in [0, 0.1) is 17.8 Å². The van der Waals surface area contributed by atoms with Gasteiger partial charge >= 0.3 is 18.0 Å². The Bertz CT molecular complexity index is 702. The summed E-state index contributed by atoms with van der Waals surface area (Å²) in [4.78, 5) is 50.2. The highest BCUT2D eigenvalue weighted by Gasteiger charge is 2.49. The zero-order valence-electron chi connectivity index (χ0n) is 19.5. The van der Waals surface area contributed by atoms with Crippen LogP contribution in [0.15, 0.2) is 0 Å². The SMILES string of the molecule is CC(=O)OCC1CN(C(=O)CCNC(=O)OCC2[C@H]3CCCCCC[C@@H]23)CCN1CC(=O)O. The van der Waals surface area contributed by atoms with Crippen molar-refractivity contribution in [3.63, 3.8) is 0 Å². The summed E-state index contributed by atoms with van der Waals surface area (Å²) in [6.07, 6.45) is 7.30. The van der Waals surface area contributed by atoms with Gasteiger partial charge in [0, 0.05) is 39.5 Å². The number of ether oxygens (including phenoxy) is 2. The van der Waals surface area contributed by atoms with Crippen molar-refractivity contribution in [2.75, 3.05) is 45.9 Å². The average molecular weight is 468 g/mol. The number of nitrogens with zero attached hydrogens (tertiary/aromatic N) is 2. The van der Waals surface area contributed by atoms with Gasteiger partial charge in [-0.25, -0.2) is 4.79 Å². The zero-order valence-corrected chi connectivity index (χ0v) is 19.5. The molecule has 2 aliphatic carbocycles. The largest absolute Gasteiger partial charge is 0.480 e. The first kappa shape index (κ1) is 25.3. The number of rotatable bonds is 9. The smallest absolute Gasteiger partial charge is 0.407 e. The van der Waals surface area contributed by atoms with E-state index in [0.717, 1.165) is 0 Å². The van der Waals surface area contributed by atoms with E-state index in [2.05, 4.69) is 5.32 Å². The number of carbonyl (C=O) groups excluding carboxylic acids is 3. The fourth-order valence-electron chi connectivity index (χ4n) is 5.27. The number of piperazine rings is 1. The molecule has 186 valence electrons. The fourth-order valence-corrected chi connectivity index (χ4v) is 5.27. The van der Waals surface area contributed by atoms with Crippen LogP contribution in [0.25, 0.3) is 0 Å². The first-order valence-electron chi connectivity index (χ1n) is 12.1. The lowest BCUT2D eigenvalue weighted by atomic mass is 10.0. The van der Waals surface area contributed by atoms with Gasteiger partial charge in [-0.05, 0) is 30.6 Å². The Morgan fingerprint density at radius 3 is 2.30 bits per heavy atom. The van der Waals surface area contributed by atoms with E-state index in [1.807, 2.05) is 0 Å². The first-order chi connectivity index (χ1) is 15.8. The molecule has 0 aromatic heterocycles. The number of hydrogen-bond donors (Lipinski definition) is 2. The molecule has 2 amide bonds. The average Bonchev–Trinajstić information content (AvgIpc) is 3.39. The van der Waals surface area contributed by atoms with Crippen molar-refractivity contribution in [1.29, 1.82) is 0 Å². The molecule has 0 aromatic carbocycles. The second kappa shape index (κ2) is 12.2. The summed E-state index contributed by atoms with van der Waals surface area (Å²) in [5, 5.41) is 11.8. The quantitative estimate of drug-likeness (QED) is 0.489. The molecule has 2 N–H and O–H groups in total. The van der Waals surface area contributed by atoms with E-state index in [9.17, 15) is 19.2 Å². The lowest BCUT2D eigenvalue weighted by Crippen LogP contribution is -2.57. The number of carbonyl (C=O) groups is 4. The molecule has 33 heavy (non-hydrogen) atoms. The summed E-state index contributed by atoms with van der Waals surface area (Å²) in [7, 11) is 0. The van der Waals surface area contributed by atoms with Crippen LogP contribution in [-0.4, -0.2) is 90.8 Å².